The summed E-state index contributed by atoms with van der Waals surface area (Å²) in [5.41, 5.74) is 4.13. The molecule has 23 heavy (non-hydrogen) atoms. The molecule has 0 fully saturated rings. The van der Waals surface area contributed by atoms with E-state index in [2.05, 4.69) is 26.6 Å². The molecule has 1 aromatic carbocycles. The van der Waals surface area contributed by atoms with Crippen molar-refractivity contribution >= 4 is 28.4 Å². The van der Waals surface area contributed by atoms with Crippen molar-refractivity contribution in [3.8, 4) is 0 Å². The van der Waals surface area contributed by atoms with Gasteiger partial charge in [0.2, 0.25) is 0 Å². The van der Waals surface area contributed by atoms with Crippen molar-refractivity contribution in [1.29, 1.82) is 0 Å². The van der Waals surface area contributed by atoms with Gasteiger partial charge in [0, 0.05) is 19.8 Å². The Balaban J connectivity index is 1.75. The van der Waals surface area contributed by atoms with Crippen LogP contribution in [0.1, 0.15) is 17.5 Å². The molecular weight excluding hydrogens is 293 g/mol. The van der Waals surface area contributed by atoms with Gasteiger partial charge in [0.1, 0.15) is 0 Å². The Morgan fingerprint density at radius 3 is 2.96 bits per heavy atom. The van der Waals surface area contributed by atoms with Crippen molar-refractivity contribution in [1.82, 2.24) is 15.2 Å². The lowest BCUT2D eigenvalue weighted by molar-refractivity contribution is 0.629. The summed E-state index contributed by atoms with van der Waals surface area (Å²) in [5.74, 6) is 0.530. The molecule has 0 bridgehead atoms. The smallest absolute Gasteiger partial charge is 0.169 e. The highest BCUT2D eigenvalue weighted by atomic mass is 19.1. The van der Waals surface area contributed by atoms with Gasteiger partial charge in [-0.05, 0) is 42.5 Å². The second kappa shape index (κ2) is 5.22. The third-order valence-corrected chi connectivity index (χ3v) is 4.31. The van der Waals surface area contributed by atoms with E-state index < -0.39 is 0 Å². The first kappa shape index (κ1) is 14.0. The SMILES string of the molecule is CN(C)c1n[nH]c2nc(Nc3cccc4c3CCC4)c(F)cc12. The van der Waals surface area contributed by atoms with Crippen molar-refractivity contribution in [3.63, 3.8) is 0 Å². The Kier molecular flexibility index (Phi) is 3.18. The number of aromatic nitrogens is 3. The maximum atomic E-state index is 14.5. The minimum Gasteiger partial charge on any atom is -0.361 e. The number of halogens is 1. The largest absolute Gasteiger partial charge is 0.361 e. The minimum absolute atomic E-state index is 0.228. The zero-order valence-corrected chi connectivity index (χ0v) is 13.2. The van der Waals surface area contributed by atoms with Crippen LogP contribution in [0.4, 0.5) is 21.7 Å². The Hall–Kier alpha value is -2.63. The average Bonchev–Trinajstić information content (AvgIpc) is 3.14. The molecule has 0 saturated carbocycles. The molecule has 5 nitrogen and oxygen atoms in total. The summed E-state index contributed by atoms with van der Waals surface area (Å²) in [4.78, 5) is 6.20. The number of benzene rings is 1. The number of anilines is 3. The molecule has 0 amide bonds. The highest BCUT2D eigenvalue weighted by molar-refractivity contribution is 5.89. The van der Waals surface area contributed by atoms with Crippen LogP contribution in [0, 0.1) is 5.82 Å². The third kappa shape index (κ3) is 2.30. The van der Waals surface area contributed by atoms with Crippen molar-refractivity contribution in [2.45, 2.75) is 19.3 Å². The van der Waals surface area contributed by atoms with E-state index >= 15 is 0 Å². The summed E-state index contributed by atoms with van der Waals surface area (Å²) in [5, 5.41) is 10.9. The molecular formula is C17H18FN5. The van der Waals surface area contributed by atoms with Crippen LogP contribution in [0.25, 0.3) is 11.0 Å². The molecule has 6 heteroatoms. The first-order valence-electron chi connectivity index (χ1n) is 7.73. The van der Waals surface area contributed by atoms with Crippen LogP contribution in [-0.4, -0.2) is 29.3 Å². The standard InChI is InChI=1S/C17H18FN5/c1-23(2)17-12-9-13(18)16(20-15(12)21-22-17)19-14-8-4-6-10-5-3-7-11(10)14/h4,6,8-9H,3,5,7H2,1-2H3,(H2,19,20,21,22). The van der Waals surface area contributed by atoms with Crippen LogP contribution in [0.3, 0.4) is 0 Å². The summed E-state index contributed by atoms with van der Waals surface area (Å²) in [7, 11) is 3.74. The lowest BCUT2D eigenvalue weighted by Gasteiger charge is -2.12. The van der Waals surface area contributed by atoms with E-state index in [1.165, 1.54) is 17.2 Å². The fourth-order valence-electron chi connectivity index (χ4n) is 3.20. The van der Waals surface area contributed by atoms with Crippen LogP contribution >= 0.6 is 0 Å². The number of hydrogen-bond acceptors (Lipinski definition) is 4. The fourth-order valence-corrected chi connectivity index (χ4v) is 3.20. The Bertz CT molecular complexity index is 884. The van der Waals surface area contributed by atoms with E-state index in [1.54, 1.807) is 0 Å². The summed E-state index contributed by atoms with van der Waals surface area (Å²) < 4.78 is 14.5. The Labute approximate surface area is 133 Å². The topological polar surface area (TPSA) is 56.8 Å². The molecule has 118 valence electrons. The van der Waals surface area contributed by atoms with Gasteiger partial charge in [-0.3, -0.25) is 5.10 Å². The van der Waals surface area contributed by atoms with E-state index in [9.17, 15) is 4.39 Å². The summed E-state index contributed by atoms with van der Waals surface area (Å²) in [6.45, 7) is 0. The Morgan fingerprint density at radius 2 is 2.13 bits per heavy atom. The molecule has 0 spiro atoms. The molecule has 2 heterocycles. The number of pyridine rings is 1. The highest BCUT2D eigenvalue weighted by Gasteiger charge is 2.17. The molecule has 0 unspecified atom stereocenters. The van der Waals surface area contributed by atoms with Gasteiger partial charge >= 0.3 is 0 Å². The zero-order chi connectivity index (χ0) is 16.0. The molecule has 0 aliphatic heterocycles. The van der Waals surface area contributed by atoms with Gasteiger partial charge in [0.15, 0.2) is 23.1 Å². The molecule has 0 saturated heterocycles. The predicted molar refractivity (Wildman–Crippen MR) is 89.9 cm³/mol. The maximum absolute atomic E-state index is 14.5. The van der Waals surface area contributed by atoms with Gasteiger partial charge < -0.3 is 10.2 Å². The number of nitrogens with zero attached hydrogens (tertiary/aromatic N) is 3. The lowest BCUT2D eigenvalue weighted by Crippen LogP contribution is -2.09. The first-order chi connectivity index (χ1) is 11.1. The first-order valence-corrected chi connectivity index (χ1v) is 7.73. The normalized spacial score (nSPS) is 13.3. The van der Waals surface area contributed by atoms with Crippen molar-refractivity contribution in [3.05, 3.63) is 41.2 Å². The van der Waals surface area contributed by atoms with Crippen molar-refractivity contribution in [2.24, 2.45) is 0 Å². The number of aromatic amines is 1. The van der Waals surface area contributed by atoms with Crippen LogP contribution in [0.2, 0.25) is 0 Å². The third-order valence-electron chi connectivity index (χ3n) is 4.31. The summed E-state index contributed by atoms with van der Waals surface area (Å²) >= 11 is 0. The van der Waals surface area contributed by atoms with Crippen LogP contribution in [0.15, 0.2) is 24.3 Å². The van der Waals surface area contributed by atoms with Crippen LogP contribution in [-0.2, 0) is 12.8 Å². The molecule has 2 N–H and O–H groups in total. The summed E-state index contributed by atoms with van der Waals surface area (Å²) in [6, 6.07) is 7.60. The monoisotopic (exact) mass is 311 g/mol. The van der Waals surface area contributed by atoms with E-state index in [0.717, 1.165) is 24.9 Å². The number of rotatable bonds is 3. The number of aryl methyl sites for hydroxylation is 1. The maximum Gasteiger partial charge on any atom is 0.169 e. The van der Waals surface area contributed by atoms with E-state index in [-0.39, 0.29) is 11.6 Å². The number of fused-ring (bicyclic) bond motifs is 2. The number of nitrogens with one attached hydrogen (secondary N) is 2. The van der Waals surface area contributed by atoms with Crippen molar-refractivity contribution < 1.29 is 4.39 Å². The van der Waals surface area contributed by atoms with Gasteiger partial charge in [-0.25, -0.2) is 9.37 Å². The van der Waals surface area contributed by atoms with Gasteiger partial charge in [-0.2, -0.15) is 5.10 Å². The molecule has 3 aromatic rings. The number of hydrogen-bond donors (Lipinski definition) is 2. The molecule has 4 rings (SSSR count). The quantitative estimate of drug-likeness (QED) is 0.778. The van der Waals surface area contributed by atoms with Crippen LogP contribution < -0.4 is 10.2 Å². The van der Waals surface area contributed by atoms with Crippen molar-refractivity contribution in [2.75, 3.05) is 24.3 Å². The molecule has 0 atom stereocenters. The second-order valence-corrected chi connectivity index (χ2v) is 6.08. The van der Waals surface area contributed by atoms with Crippen LogP contribution in [0.5, 0.6) is 0 Å². The van der Waals surface area contributed by atoms with Gasteiger partial charge in [-0.1, -0.05) is 12.1 Å². The zero-order valence-electron chi connectivity index (χ0n) is 13.2. The molecule has 1 aliphatic rings. The molecule has 0 radical (unpaired) electrons. The van der Waals surface area contributed by atoms with E-state index in [1.807, 2.05) is 31.1 Å². The van der Waals surface area contributed by atoms with Gasteiger partial charge in [-0.15, -0.1) is 0 Å². The second-order valence-electron chi connectivity index (χ2n) is 6.08. The van der Waals surface area contributed by atoms with E-state index in [0.29, 0.717) is 16.9 Å². The fraction of sp³-hybridized carbons (Fsp3) is 0.294. The van der Waals surface area contributed by atoms with Gasteiger partial charge in [0.05, 0.1) is 5.39 Å². The molecule has 1 aliphatic carbocycles. The molecule has 2 aromatic heterocycles. The highest BCUT2D eigenvalue weighted by Crippen LogP contribution is 2.32. The van der Waals surface area contributed by atoms with Gasteiger partial charge in [0.25, 0.3) is 0 Å². The lowest BCUT2D eigenvalue weighted by atomic mass is 10.1. The van der Waals surface area contributed by atoms with E-state index in [4.69, 9.17) is 0 Å². The minimum atomic E-state index is -0.377. The summed E-state index contributed by atoms with van der Waals surface area (Å²) in [6.07, 6.45) is 3.26. The number of H-pyrrole nitrogens is 1. The average molecular weight is 311 g/mol. The Morgan fingerprint density at radius 1 is 1.26 bits per heavy atom. The predicted octanol–water partition coefficient (Wildman–Crippen LogP) is 3.40.